The van der Waals surface area contributed by atoms with Gasteiger partial charge < -0.3 is 20.9 Å². The predicted octanol–water partition coefficient (Wildman–Crippen LogP) is 8.26. The van der Waals surface area contributed by atoms with E-state index in [0.717, 1.165) is 80.5 Å². The molecule has 8 heteroatoms. The van der Waals surface area contributed by atoms with E-state index in [1.165, 1.54) is 0 Å². The molecule has 2 aromatic rings. The van der Waals surface area contributed by atoms with Gasteiger partial charge in [-0.3, -0.25) is 15.2 Å². The average Bonchev–Trinajstić information content (AvgIpc) is 3.04. The molecule has 7 atom stereocenters. The minimum absolute atomic E-state index is 0.0317. The Morgan fingerprint density at radius 1 is 1.08 bits per heavy atom. The van der Waals surface area contributed by atoms with Crippen molar-refractivity contribution in [1.29, 1.82) is 0 Å². The van der Waals surface area contributed by atoms with Crippen LogP contribution in [-0.4, -0.2) is 58.4 Å². The Bertz CT molecular complexity index is 1320. The number of hydrogen-bond donors (Lipinski definition) is 4. The van der Waals surface area contributed by atoms with E-state index >= 15 is 0 Å². The lowest BCUT2D eigenvalue weighted by Crippen LogP contribution is -2.55. The first kappa shape index (κ1) is 42.6. The number of unbranched alkanes of at least 4 members (excludes halogenated alkanes) is 1. The summed E-state index contributed by atoms with van der Waals surface area (Å²) in [7, 11) is 0. The van der Waals surface area contributed by atoms with E-state index in [1.807, 2.05) is 23.2 Å². The van der Waals surface area contributed by atoms with Gasteiger partial charge in [-0.2, -0.15) is 0 Å². The van der Waals surface area contributed by atoms with E-state index < -0.39 is 6.10 Å². The molecule has 1 fully saturated rings. The number of carbonyl (C=O) groups is 1. The van der Waals surface area contributed by atoms with Crippen molar-refractivity contribution < 1.29 is 14.6 Å². The Labute approximate surface area is 310 Å². The third-order valence-corrected chi connectivity index (χ3v) is 10.8. The topological polar surface area (TPSA) is 113 Å². The van der Waals surface area contributed by atoms with E-state index in [-0.39, 0.29) is 47.4 Å². The highest BCUT2D eigenvalue weighted by molar-refractivity contribution is 5.79. The number of pyridine rings is 1. The number of nitrogens with two attached hydrogens (primary N) is 1. The molecule has 0 spiro atoms. The van der Waals surface area contributed by atoms with Gasteiger partial charge in [0, 0.05) is 49.1 Å². The van der Waals surface area contributed by atoms with Crippen LogP contribution in [0.5, 0.6) is 0 Å². The number of hydrogen-bond acceptors (Lipinski definition) is 7. The molecule has 0 bridgehead atoms. The zero-order chi connectivity index (χ0) is 37.8. The molecule has 1 aromatic heterocycles. The fourth-order valence-corrected chi connectivity index (χ4v) is 7.11. The maximum Gasteiger partial charge on any atom is 0.237 e. The summed E-state index contributed by atoms with van der Waals surface area (Å²) >= 11 is 0. The third-order valence-electron chi connectivity index (χ3n) is 10.8. The molecule has 1 aliphatic carbocycles. The van der Waals surface area contributed by atoms with Crippen LogP contribution >= 0.6 is 0 Å². The van der Waals surface area contributed by atoms with Gasteiger partial charge in [-0.15, -0.1) is 0 Å². The highest BCUT2D eigenvalue weighted by Crippen LogP contribution is 2.46. The second-order valence-corrected chi connectivity index (χ2v) is 17.3. The maximum atomic E-state index is 13.8. The number of benzene rings is 1. The number of amides is 1. The second kappa shape index (κ2) is 19.9. The number of nitrogens with one attached hydrogen (secondary N) is 2. The summed E-state index contributed by atoms with van der Waals surface area (Å²) in [5.74, 6) is 0.645. The van der Waals surface area contributed by atoms with Crippen LogP contribution in [0.2, 0.25) is 0 Å². The first-order valence-electron chi connectivity index (χ1n) is 19.6. The van der Waals surface area contributed by atoms with Crippen molar-refractivity contribution in [2.24, 2.45) is 34.3 Å². The molecule has 0 aliphatic heterocycles. The molecule has 1 amide bonds. The Morgan fingerprint density at radius 2 is 1.78 bits per heavy atom. The fourth-order valence-electron chi connectivity index (χ4n) is 7.11. The molecule has 5 unspecified atom stereocenters. The summed E-state index contributed by atoms with van der Waals surface area (Å²) in [5, 5.41) is 17.5. The third kappa shape index (κ3) is 13.6. The summed E-state index contributed by atoms with van der Waals surface area (Å²) in [6.45, 7) is 25.4. The van der Waals surface area contributed by atoms with Gasteiger partial charge in [-0.25, -0.2) is 5.01 Å². The molecule has 3 rings (SSSR count). The number of aliphatic hydroxyl groups excluding tert-OH is 1. The molecule has 51 heavy (non-hydrogen) atoms. The number of hydrazine groups is 1. The number of aromatic nitrogens is 1. The minimum Gasteiger partial charge on any atom is -0.390 e. The lowest BCUT2D eigenvalue weighted by atomic mass is 9.61. The summed E-state index contributed by atoms with van der Waals surface area (Å²) in [4.78, 5) is 18.3. The Balaban J connectivity index is 1.81. The molecule has 8 nitrogen and oxygen atoms in total. The van der Waals surface area contributed by atoms with Crippen LogP contribution in [0, 0.1) is 28.6 Å². The number of rotatable bonds is 21. The summed E-state index contributed by atoms with van der Waals surface area (Å²) in [6, 6.07) is 13.6. The van der Waals surface area contributed by atoms with Crippen molar-refractivity contribution in [2.45, 2.75) is 145 Å². The van der Waals surface area contributed by atoms with Crippen LogP contribution in [0.3, 0.4) is 0 Å². The van der Waals surface area contributed by atoms with Crippen molar-refractivity contribution in [3.63, 3.8) is 0 Å². The SMILES string of the molecule is C=C(NC(C[C@H](C)CCC(CC)OCCCC)C(O)CN(Cc1ccc(-c2ccccn2)cc1)NC(=O)C1CC[C@@H]1C(C)(C)C)C(N)C(C)(C)C. The van der Waals surface area contributed by atoms with Crippen molar-refractivity contribution >= 4 is 5.91 Å². The highest BCUT2D eigenvalue weighted by Gasteiger charge is 2.43. The van der Waals surface area contributed by atoms with Gasteiger partial charge in [0.05, 0.1) is 23.9 Å². The molecule has 5 N–H and O–H groups in total. The van der Waals surface area contributed by atoms with Gasteiger partial charge in [0.1, 0.15) is 0 Å². The van der Waals surface area contributed by atoms with E-state index in [2.05, 4.69) is 109 Å². The summed E-state index contributed by atoms with van der Waals surface area (Å²) in [5.41, 5.74) is 13.5. The first-order valence-corrected chi connectivity index (χ1v) is 19.6. The zero-order valence-corrected chi connectivity index (χ0v) is 33.4. The van der Waals surface area contributed by atoms with Gasteiger partial charge >= 0.3 is 0 Å². The summed E-state index contributed by atoms with van der Waals surface area (Å²) < 4.78 is 6.16. The highest BCUT2D eigenvalue weighted by atomic mass is 16.5. The number of aliphatic hydroxyl groups is 1. The van der Waals surface area contributed by atoms with Crippen molar-refractivity contribution in [1.82, 2.24) is 20.7 Å². The number of carbonyl (C=O) groups excluding carboxylic acids is 1. The lowest BCUT2D eigenvalue weighted by Gasteiger charge is -2.45. The molecule has 0 saturated heterocycles. The quantitative estimate of drug-likeness (QED) is 0.0764. The van der Waals surface area contributed by atoms with Crippen molar-refractivity contribution in [3.8, 4) is 11.3 Å². The normalized spacial score (nSPS) is 19.5. The smallest absolute Gasteiger partial charge is 0.237 e. The van der Waals surface area contributed by atoms with Gasteiger partial charge in [0.15, 0.2) is 0 Å². The molecule has 1 aromatic carbocycles. The number of nitrogens with zero attached hydrogens (tertiary/aromatic N) is 2. The Hall–Kier alpha value is -2.78. The average molecular weight is 706 g/mol. The molecular weight excluding hydrogens is 635 g/mol. The molecular formula is C43H71N5O3. The van der Waals surface area contributed by atoms with Gasteiger partial charge in [-0.1, -0.05) is 106 Å². The minimum atomic E-state index is -0.799. The van der Waals surface area contributed by atoms with E-state index in [9.17, 15) is 9.90 Å². The van der Waals surface area contributed by atoms with Crippen molar-refractivity contribution in [2.75, 3.05) is 13.2 Å². The van der Waals surface area contributed by atoms with Gasteiger partial charge in [0.25, 0.3) is 0 Å². The molecule has 1 aliphatic rings. The van der Waals surface area contributed by atoms with Crippen LogP contribution in [0.1, 0.15) is 119 Å². The second-order valence-electron chi connectivity index (χ2n) is 17.3. The van der Waals surface area contributed by atoms with Crippen LogP contribution in [-0.2, 0) is 16.1 Å². The number of ether oxygens (including phenoxy) is 1. The predicted molar refractivity (Wildman–Crippen MR) is 211 cm³/mol. The monoisotopic (exact) mass is 706 g/mol. The lowest BCUT2D eigenvalue weighted by molar-refractivity contribution is -0.139. The Kier molecular flexibility index (Phi) is 16.6. The van der Waals surface area contributed by atoms with Crippen LogP contribution < -0.4 is 16.5 Å². The Morgan fingerprint density at radius 3 is 2.33 bits per heavy atom. The summed E-state index contributed by atoms with van der Waals surface area (Å²) in [6.07, 6.45) is 9.10. The van der Waals surface area contributed by atoms with Crippen LogP contribution in [0.4, 0.5) is 0 Å². The van der Waals surface area contributed by atoms with Crippen molar-refractivity contribution in [3.05, 3.63) is 66.5 Å². The van der Waals surface area contributed by atoms with Gasteiger partial charge in [0.2, 0.25) is 5.91 Å². The molecule has 1 heterocycles. The van der Waals surface area contributed by atoms with Crippen LogP contribution in [0.25, 0.3) is 11.3 Å². The fraction of sp³-hybridized carbons (Fsp3) is 0.674. The van der Waals surface area contributed by atoms with E-state index in [0.29, 0.717) is 18.4 Å². The standard InChI is InChI=1S/C43H71N5O3/c1-11-13-26-51-34(12-2)22-17-30(3)27-38(46-31(4)40(44)43(8,9)10)39(49)29-48(47-41(50)35-23-24-36(35)42(5,6)7)28-32-18-20-33(21-19-32)37-16-14-15-25-45-37/h14-16,18-21,25,30,34-36,38-40,46,49H,4,11-13,17,22-24,26-29,44H2,1-3,5-10H3,(H,47,50)/t30-,34?,35?,36+,38?,39?,40?/m1/s1. The van der Waals surface area contributed by atoms with E-state index in [4.69, 9.17) is 10.5 Å². The first-order chi connectivity index (χ1) is 24.0. The van der Waals surface area contributed by atoms with Gasteiger partial charge in [-0.05, 0) is 85.3 Å². The molecule has 286 valence electrons. The zero-order valence-electron chi connectivity index (χ0n) is 33.4. The van der Waals surface area contributed by atoms with E-state index in [1.54, 1.807) is 6.20 Å². The molecule has 0 radical (unpaired) electrons. The largest absolute Gasteiger partial charge is 0.390 e. The maximum absolute atomic E-state index is 13.8. The van der Waals surface area contributed by atoms with Crippen LogP contribution in [0.15, 0.2) is 60.9 Å². The molecule has 1 saturated carbocycles.